The minimum absolute atomic E-state index is 0.153. The molecule has 2 saturated heterocycles. The smallest absolute Gasteiger partial charge is 0.243 e. The molecule has 2 atom stereocenters. The maximum Gasteiger partial charge on any atom is 0.243 e. The van der Waals surface area contributed by atoms with Gasteiger partial charge in [-0.15, -0.1) is 0 Å². The van der Waals surface area contributed by atoms with Gasteiger partial charge in [0.25, 0.3) is 0 Å². The van der Waals surface area contributed by atoms with E-state index in [-0.39, 0.29) is 11.6 Å². The van der Waals surface area contributed by atoms with Crippen LogP contribution in [0.4, 0.5) is 0 Å². The molecular weight excluding hydrogens is 314 g/mol. The van der Waals surface area contributed by atoms with Crippen LogP contribution in [-0.2, 0) is 16.1 Å². The largest absolute Gasteiger partial charge is 0.373 e. The Balaban J connectivity index is 1.46. The summed E-state index contributed by atoms with van der Waals surface area (Å²) in [5.74, 6) is 0.307. The Labute approximate surface area is 150 Å². The van der Waals surface area contributed by atoms with Crippen molar-refractivity contribution in [3.05, 3.63) is 35.9 Å². The average Bonchev–Trinajstić information content (AvgIpc) is 2.99. The molecule has 0 radical (unpaired) electrons. The van der Waals surface area contributed by atoms with Crippen LogP contribution in [0.3, 0.4) is 0 Å². The number of hydrogen-bond acceptors (Lipinski definition) is 4. The second-order valence-electron chi connectivity index (χ2n) is 7.92. The highest BCUT2D eigenvalue weighted by molar-refractivity contribution is 5.87. The fourth-order valence-corrected chi connectivity index (χ4v) is 4.60. The molecule has 1 saturated carbocycles. The average molecular weight is 343 g/mol. The molecule has 0 aromatic heterocycles. The highest BCUT2D eigenvalue weighted by atomic mass is 16.5. The van der Waals surface area contributed by atoms with Crippen LogP contribution < -0.4 is 0 Å². The standard InChI is InChI=1S/C20H29N3O2/c1-21(2)20(9-6-10-20)19(24)23-14-17-18(15-23)25-12-11-22(17)13-16-7-4-3-5-8-16/h3-5,7-8,17-18H,6,9-15H2,1-2H3/t17-,18+/m0/s1. The van der Waals surface area contributed by atoms with Crippen molar-refractivity contribution in [2.24, 2.45) is 0 Å². The van der Waals surface area contributed by atoms with Crippen molar-refractivity contribution < 1.29 is 9.53 Å². The maximum absolute atomic E-state index is 13.2. The summed E-state index contributed by atoms with van der Waals surface area (Å²) in [4.78, 5) is 19.9. The predicted molar refractivity (Wildman–Crippen MR) is 97.2 cm³/mol. The van der Waals surface area contributed by atoms with Crippen molar-refractivity contribution >= 4 is 5.91 Å². The van der Waals surface area contributed by atoms with Crippen molar-refractivity contribution in [3.8, 4) is 0 Å². The maximum atomic E-state index is 13.2. The summed E-state index contributed by atoms with van der Waals surface area (Å²) in [5.41, 5.74) is 1.06. The van der Waals surface area contributed by atoms with Gasteiger partial charge in [-0.25, -0.2) is 0 Å². The first-order valence-corrected chi connectivity index (χ1v) is 9.46. The molecule has 1 amide bonds. The lowest BCUT2D eigenvalue weighted by atomic mass is 9.74. The highest BCUT2D eigenvalue weighted by Gasteiger charge is 2.51. The quantitative estimate of drug-likeness (QED) is 0.832. The normalized spacial score (nSPS) is 28.7. The number of amides is 1. The fraction of sp³-hybridized carbons (Fsp3) is 0.650. The van der Waals surface area contributed by atoms with E-state index in [2.05, 4.69) is 45.0 Å². The van der Waals surface area contributed by atoms with E-state index in [1.54, 1.807) is 0 Å². The zero-order chi connectivity index (χ0) is 17.4. The van der Waals surface area contributed by atoms with Gasteiger partial charge in [0.05, 0.1) is 18.8 Å². The van der Waals surface area contributed by atoms with Gasteiger partial charge in [-0.05, 0) is 38.9 Å². The summed E-state index contributed by atoms with van der Waals surface area (Å²) in [6, 6.07) is 10.9. The number of morpholine rings is 1. The van der Waals surface area contributed by atoms with Gasteiger partial charge >= 0.3 is 0 Å². The van der Waals surface area contributed by atoms with Crippen LogP contribution in [0.25, 0.3) is 0 Å². The Kier molecular flexibility index (Phi) is 4.56. The lowest BCUT2D eigenvalue weighted by Crippen LogP contribution is -2.61. The van der Waals surface area contributed by atoms with E-state index in [9.17, 15) is 4.79 Å². The predicted octanol–water partition coefficient (Wildman–Crippen LogP) is 1.58. The van der Waals surface area contributed by atoms with E-state index in [0.717, 1.165) is 52.0 Å². The number of ether oxygens (including phenoxy) is 1. The molecule has 2 aliphatic heterocycles. The molecule has 25 heavy (non-hydrogen) atoms. The third kappa shape index (κ3) is 2.98. The zero-order valence-corrected chi connectivity index (χ0v) is 15.4. The SMILES string of the molecule is CN(C)C1(C(=O)N2C[C@H]3OCCN(Cc4ccccc4)[C@H]3C2)CCC1. The van der Waals surface area contributed by atoms with Gasteiger partial charge in [0.1, 0.15) is 5.54 Å². The highest BCUT2D eigenvalue weighted by Crippen LogP contribution is 2.39. The summed E-state index contributed by atoms with van der Waals surface area (Å²) in [7, 11) is 4.08. The first-order chi connectivity index (χ1) is 12.1. The molecule has 136 valence electrons. The number of fused-ring (bicyclic) bond motifs is 1. The van der Waals surface area contributed by atoms with Gasteiger partial charge in [0.2, 0.25) is 5.91 Å². The molecule has 0 spiro atoms. The molecule has 1 aromatic rings. The number of rotatable bonds is 4. The van der Waals surface area contributed by atoms with Gasteiger partial charge in [0, 0.05) is 26.2 Å². The summed E-state index contributed by atoms with van der Waals surface area (Å²) in [6.07, 6.45) is 3.28. The first kappa shape index (κ1) is 17.0. The van der Waals surface area contributed by atoms with Crippen molar-refractivity contribution in [3.63, 3.8) is 0 Å². The molecule has 2 heterocycles. The van der Waals surface area contributed by atoms with E-state index in [1.807, 2.05) is 14.1 Å². The van der Waals surface area contributed by atoms with E-state index < -0.39 is 0 Å². The van der Waals surface area contributed by atoms with Gasteiger partial charge in [-0.1, -0.05) is 30.3 Å². The van der Waals surface area contributed by atoms with Crippen molar-refractivity contribution in [2.75, 3.05) is 40.3 Å². The van der Waals surface area contributed by atoms with Crippen LogP contribution in [0, 0.1) is 0 Å². The molecule has 1 aromatic carbocycles. The number of likely N-dealkylation sites (N-methyl/N-ethyl adjacent to an activating group) is 1. The third-order valence-corrected chi connectivity index (χ3v) is 6.37. The Morgan fingerprint density at radius 3 is 2.64 bits per heavy atom. The number of likely N-dealkylation sites (tertiary alicyclic amines) is 1. The molecule has 4 rings (SSSR count). The van der Waals surface area contributed by atoms with Crippen LogP contribution in [0.1, 0.15) is 24.8 Å². The number of nitrogens with zero attached hydrogens (tertiary/aromatic N) is 3. The first-order valence-electron chi connectivity index (χ1n) is 9.46. The van der Waals surface area contributed by atoms with Crippen LogP contribution in [0.5, 0.6) is 0 Å². The van der Waals surface area contributed by atoms with Crippen LogP contribution in [0.15, 0.2) is 30.3 Å². The second-order valence-corrected chi connectivity index (χ2v) is 7.92. The fourth-order valence-electron chi connectivity index (χ4n) is 4.60. The van der Waals surface area contributed by atoms with E-state index in [1.165, 1.54) is 5.56 Å². The monoisotopic (exact) mass is 343 g/mol. The van der Waals surface area contributed by atoms with Crippen molar-refractivity contribution in [1.82, 2.24) is 14.7 Å². The topological polar surface area (TPSA) is 36.0 Å². The van der Waals surface area contributed by atoms with E-state index in [4.69, 9.17) is 4.74 Å². The van der Waals surface area contributed by atoms with Crippen LogP contribution in [-0.4, -0.2) is 78.6 Å². The number of benzene rings is 1. The van der Waals surface area contributed by atoms with Gasteiger partial charge in [0.15, 0.2) is 0 Å². The van der Waals surface area contributed by atoms with Gasteiger partial charge in [-0.3, -0.25) is 14.6 Å². The molecule has 0 bridgehead atoms. The number of hydrogen-bond donors (Lipinski definition) is 0. The molecule has 5 nitrogen and oxygen atoms in total. The zero-order valence-electron chi connectivity index (χ0n) is 15.4. The van der Waals surface area contributed by atoms with Gasteiger partial charge in [-0.2, -0.15) is 0 Å². The molecule has 3 fully saturated rings. The molecular formula is C20H29N3O2. The number of carbonyl (C=O) groups excluding carboxylic acids is 1. The summed E-state index contributed by atoms with van der Waals surface area (Å²) < 4.78 is 6.03. The Morgan fingerprint density at radius 2 is 2.00 bits per heavy atom. The number of carbonyl (C=O) groups is 1. The molecule has 0 N–H and O–H groups in total. The lowest BCUT2D eigenvalue weighted by Gasteiger charge is -2.47. The molecule has 3 aliphatic rings. The summed E-state index contributed by atoms with van der Waals surface area (Å²) in [5, 5.41) is 0. The van der Waals surface area contributed by atoms with E-state index in [0.29, 0.717) is 11.9 Å². The van der Waals surface area contributed by atoms with E-state index >= 15 is 0 Å². The summed E-state index contributed by atoms with van der Waals surface area (Å²) >= 11 is 0. The molecule has 1 aliphatic carbocycles. The summed E-state index contributed by atoms with van der Waals surface area (Å²) in [6.45, 7) is 4.17. The minimum Gasteiger partial charge on any atom is -0.373 e. The van der Waals surface area contributed by atoms with Crippen molar-refractivity contribution in [1.29, 1.82) is 0 Å². The Hall–Kier alpha value is -1.43. The van der Waals surface area contributed by atoms with Crippen LogP contribution >= 0.6 is 0 Å². The Bertz CT molecular complexity index is 615. The third-order valence-electron chi connectivity index (χ3n) is 6.37. The van der Waals surface area contributed by atoms with Gasteiger partial charge < -0.3 is 9.64 Å². The minimum atomic E-state index is -0.266. The molecule has 5 heteroatoms. The Morgan fingerprint density at radius 1 is 1.24 bits per heavy atom. The second kappa shape index (κ2) is 6.71. The van der Waals surface area contributed by atoms with Crippen LogP contribution in [0.2, 0.25) is 0 Å². The molecule has 0 unspecified atom stereocenters. The lowest BCUT2D eigenvalue weighted by molar-refractivity contribution is -0.148. The van der Waals surface area contributed by atoms with Crippen molar-refractivity contribution in [2.45, 2.75) is 43.5 Å².